The molecule has 0 radical (unpaired) electrons. The van der Waals surface area contributed by atoms with E-state index in [1.165, 1.54) is 12.1 Å². The molecule has 0 N–H and O–H groups in total. The zero-order valence-corrected chi connectivity index (χ0v) is 14.4. The average Bonchev–Trinajstić information content (AvgIpc) is 2.53. The Bertz CT molecular complexity index is 653. The van der Waals surface area contributed by atoms with Crippen LogP contribution in [0.2, 0.25) is 0 Å². The molecule has 1 fully saturated rings. The maximum atomic E-state index is 12.6. The molecule has 9 heteroatoms. The fraction of sp³-hybridized carbons (Fsp3) is 0.562. The van der Waals surface area contributed by atoms with Gasteiger partial charge in [0.25, 0.3) is 5.69 Å². The minimum absolute atomic E-state index is 0.0277. The molecular weight excluding hydrogens is 336 g/mol. The number of amides is 1. The summed E-state index contributed by atoms with van der Waals surface area (Å²) >= 11 is 0. The fourth-order valence-corrected chi connectivity index (χ4v) is 2.69. The molecule has 25 heavy (non-hydrogen) atoms. The third-order valence-corrected chi connectivity index (χ3v) is 3.92. The standard InChI is InChI=1S/C16H21F2N3O4/c1-16(2,3)14(22)20-8-6-19(7-9-20)12-5-4-11(21(23)24)10-13(12)25-15(17)18/h4-5,10,15H,6-9H2,1-3H3. The van der Waals surface area contributed by atoms with Crippen molar-refractivity contribution >= 4 is 17.3 Å². The van der Waals surface area contributed by atoms with Crippen molar-refractivity contribution in [2.75, 3.05) is 31.1 Å². The Morgan fingerprint density at radius 3 is 2.32 bits per heavy atom. The van der Waals surface area contributed by atoms with E-state index in [4.69, 9.17) is 0 Å². The molecule has 0 spiro atoms. The van der Waals surface area contributed by atoms with E-state index in [2.05, 4.69) is 4.74 Å². The minimum atomic E-state index is -3.08. The number of nitro groups is 1. The molecule has 0 aliphatic carbocycles. The average molecular weight is 357 g/mol. The third-order valence-electron chi connectivity index (χ3n) is 3.92. The number of nitrogens with zero attached hydrogens (tertiary/aromatic N) is 3. The van der Waals surface area contributed by atoms with Crippen LogP contribution in [0.25, 0.3) is 0 Å². The molecule has 1 aromatic rings. The highest BCUT2D eigenvalue weighted by Gasteiger charge is 2.30. The van der Waals surface area contributed by atoms with E-state index in [9.17, 15) is 23.7 Å². The van der Waals surface area contributed by atoms with E-state index in [1.54, 1.807) is 9.80 Å². The number of carbonyl (C=O) groups is 1. The number of carbonyl (C=O) groups excluding carboxylic acids is 1. The van der Waals surface area contributed by atoms with Crippen LogP contribution in [0.1, 0.15) is 20.8 Å². The van der Waals surface area contributed by atoms with Gasteiger partial charge in [-0.1, -0.05) is 20.8 Å². The molecule has 2 rings (SSSR count). The van der Waals surface area contributed by atoms with Crippen molar-refractivity contribution in [3.05, 3.63) is 28.3 Å². The largest absolute Gasteiger partial charge is 0.432 e. The lowest BCUT2D eigenvalue weighted by Gasteiger charge is -2.39. The molecule has 138 valence electrons. The Labute approximate surface area is 144 Å². The number of hydrogen-bond acceptors (Lipinski definition) is 5. The summed E-state index contributed by atoms with van der Waals surface area (Å²) < 4.78 is 29.7. The number of benzene rings is 1. The van der Waals surface area contributed by atoms with Crippen molar-refractivity contribution in [3.8, 4) is 5.75 Å². The van der Waals surface area contributed by atoms with E-state index < -0.39 is 16.9 Å². The van der Waals surface area contributed by atoms with E-state index >= 15 is 0 Å². The minimum Gasteiger partial charge on any atom is -0.432 e. The van der Waals surface area contributed by atoms with Crippen molar-refractivity contribution < 1.29 is 23.2 Å². The Morgan fingerprint density at radius 2 is 1.84 bits per heavy atom. The number of alkyl halides is 2. The molecule has 1 saturated heterocycles. The van der Waals surface area contributed by atoms with E-state index in [1.807, 2.05) is 20.8 Å². The number of rotatable bonds is 4. The number of anilines is 1. The fourth-order valence-electron chi connectivity index (χ4n) is 2.69. The molecule has 7 nitrogen and oxygen atoms in total. The predicted octanol–water partition coefficient (Wildman–Crippen LogP) is 2.89. The van der Waals surface area contributed by atoms with Crippen LogP contribution in [0.3, 0.4) is 0 Å². The number of halogens is 2. The first-order valence-electron chi connectivity index (χ1n) is 7.87. The Hall–Kier alpha value is -2.45. The highest BCUT2D eigenvalue weighted by atomic mass is 19.3. The van der Waals surface area contributed by atoms with Crippen molar-refractivity contribution in [3.63, 3.8) is 0 Å². The van der Waals surface area contributed by atoms with Gasteiger partial charge in [0, 0.05) is 37.7 Å². The van der Waals surface area contributed by atoms with Crippen LogP contribution in [0, 0.1) is 15.5 Å². The molecule has 0 saturated carbocycles. The van der Waals surface area contributed by atoms with E-state index in [0.717, 1.165) is 6.07 Å². The first kappa shape index (κ1) is 18.9. The van der Waals surface area contributed by atoms with Gasteiger partial charge in [-0.25, -0.2) is 0 Å². The van der Waals surface area contributed by atoms with Gasteiger partial charge in [-0.05, 0) is 6.07 Å². The summed E-state index contributed by atoms with van der Waals surface area (Å²) in [4.78, 5) is 26.0. The lowest BCUT2D eigenvalue weighted by molar-refractivity contribution is -0.385. The van der Waals surface area contributed by atoms with Crippen molar-refractivity contribution in [1.82, 2.24) is 4.90 Å². The topological polar surface area (TPSA) is 75.9 Å². The lowest BCUT2D eigenvalue weighted by Crippen LogP contribution is -2.51. The van der Waals surface area contributed by atoms with Crippen LogP contribution in [0.5, 0.6) is 5.75 Å². The molecule has 1 aliphatic heterocycles. The van der Waals surface area contributed by atoms with Gasteiger partial charge < -0.3 is 14.5 Å². The predicted molar refractivity (Wildman–Crippen MR) is 88.0 cm³/mol. The Balaban J connectivity index is 2.17. The first-order chi connectivity index (χ1) is 11.6. The zero-order valence-electron chi connectivity index (χ0n) is 14.4. The molecule has 0 atom stereocenters. The number of nitro benzene ring substituents is 1. The highest BCUT2D eigenvalue weighted by molar-refractivity contribution is 5.81. The molecule has 1 amide bonds. The third kappa shape index (κ3) is 4.55. The Morgan fingerprint density at radius 1 is 1.24 bits per heavy atom. The summed E-state index contributed by atoms with van der Waals surface area (Å²) in [6.45, 7) is 4.19. The van der Waals surface area contributed by atoms with Crippen molar-refractivity contribution in [2.45, 2.75) is 27.4 Å². The van der Waals surface area contributed by atoms with Crippen molar-refractivity contribution in [1.29, 1.82) is 0 Å². The SMILES string of the molecule is CC(C)(C)C(=O)N1CCN(c2ccc([N+](=O)[O-])cc2OC(F)F)CC1. The van der Waals surface area contributed by atoms with Crippen LogP contribution >= 0.6 is 0 Å². The monoisotopic (exact) mass is 357 g/mol. The maximum Gasteiger partial charge on any atom is 0.387 e. The summed E-state index contributed by atoms with van der Waals surface area (Å²) in [6, 6.07) is 3.64. The van der Waals surface area contributed by atoms with E-state index in [0.29, 0.717) is 31.9 Å². The number of hydrogen-bond donors (Lipinski definition) is 0. The quantitative estimate of drug-likeness (QED) is 0.612. The molecule has 1 heterocycles. The number of piperazine rings is 1. The first-order valence-corrected chi connectivity index (χ1v) is 7.87. The van der Waals surface area contributed by atoms with Crippen LogP contribution in [0.15, 0.2) is 18.2 Å². The van der Waals surface area contributed by atoms with Gasteiger partial charge in [0.05, 0.1) is 16.7 Å². The second-order valence-corrected chi connectivity index (χ2v) is 6.82. The number of non-ortho nitro benzene ring substituents is 1. The normalized spacial score (nSPS) is 15.4. The molecule has 0 bridgehead atoms. The van der Waals surface area contributed by atoms with Gasteiger partial charge in [-0.15, -0.1) is 0 Å². The van der Waals surface area contributed by atoms with Crippen LogP contribution in [-0.2, 0) is 4.79 Å². The van der Waals surface area contributed by atoms with Gasteiger partial charge in [-0.3, -0.25) is 14.9 Å². The van der Waals surface area contributed by atoms with Gasteiger partial charge in [0.15, 0.2) is 5.75 Å². The summed E-state index contributed by atoms with van der Waals surface area (Å²) in [6.07, 6.45) is 0. The lowest BCUT2D eigenvalue weighted by atomic mass is 9.94. The molecule has 1 aliphatic rings. The van der Waals surface area contributed by atoms with E-state index in [-0.39, 0.29) is 17.3 Å². The summed E-state index contributed by atoms with van der Waals surface area (Å²) in [5.74, 6) is -0.209. The Kier molecular flexibility index (Phi) is 5.44. The summed E-state index contributed by atoms with van der Waals surface area (Å²) in [7, 11) is 0. The molecule has 1 aromatic carbocycles. The van der Waals surface area contributed by atoms with Gasteiger partial charge in [-0.2, -0.15) is 8.78 Å². The van der Waals surface area contributed by atoms with Gasteiger partial charge in [0.1, 0.15) is 0 Å². The molecule has 0 aromatic heterocycles. The molecule has 0 unspecified atom stereocenters. The zero-order chi connectivity index (χ0) is 18.8. The smallest absolute Gasteiger partial charge is 0.387 e. The summed E-state index contributed by atoms with van der Waals surface area (Å²) in [5.41, 5.74) is -0.450. The molecular formula is C16H21F2N3O4. The van der Waals surface area contributed by atoms with Crippen LogP contribution < -0.4 is 9.64 Å². The van der Waals surface area contributed by atoms with Gasteiger partial charge >= 0.3 is 6.61 Å². The number of ether oxygens (including phenoxy) is 1. The maximum absolute atomic E-state index is 12.6. The van der Waals surface area contributed by atoms with Crippen molar-refractivity contribution in [2.24, 2.45) is 5.41 Å². The second-order valence-electron chi connectivity index (χ2n) is 6.82. The second kappa shape index (κ2) is 7.20. The van der Waals surface area contributed by atoms with Crippen LogP contribution in [-0.4, -0.2) is 48.5 Å². The summed E-state index contributed by atoms with van der Waals surface area (Å²) in [5, 5.41) is 10.8. The highest BCUT2D eigenvalue weighted by Crippen LogP contribution is 2.34. The van der Waals surface area contributed by atoms with Crippen LogP contribution in [0.4, 0.5) is 20.2 Å². The van der Waals surface area contributed by atoms with Gasteiger partial charge in [0.2, 0.25) is 5.91 Å².